The summed E-state index contributed by atoms with van der Waals surface area (Å²) in [6.45, 7) is 0.653. The molecule has 31 heavy (non-hydrogen) atoms. The Labute approximate surface area is 179 Å². The summed E-state index contributed by atoms with van der Waals surface area (Å²) in [4.78, 5) is 23.3. The molecule has 156 valence electrons. The molecule has 0 saturated carbocycles. The first-order valence-corrected chi connectivity index (χ1v) is 10.0. The number of amides is 1. The molecule has 2 aromatic heterocycles. The number of aromatic nitrogens is 2. The molecule has 1 aliphatic rings. The quantitative estimate of drug-likeness (QED) is 0.629. The smallest absolute Gasteiger partial charge is 0.256 e. The van der Waals surface area contributed by atoms with Crippen LogP contribution in [0.4, 0.5) is 8.78 Å². The standard InChI is InChI=1S/C24H20F2N4O/c25-20-4-1-5-21(26)19(20)15-24(16-27)8-13-30(14-9-24)23(31)18-3-2-10-29-22(18)17-6-11-28-12-7-17/h1-7,10-12H,8-9,13-15H2. The van der Waals surface area contributed by atoms with Crippen molar-refractivity contribution in [3.8, 4) is 17.3 Å². The van der Waals surface area contributed by atoms with Crippen LogP contribution in [-0.4, -0.2) is 33.9 Å². The van der Waals surface area contributed by atoms with E-state index in [1.54, 1.807) is 47.8 Å². The molecule has 5 nitrogen and oxygen atoms in total. The minimum Gasteiger partial charge on any atom is -0.338 e. The van der Waals surface area contributed by atoms with Crippen molar-refractivity contribution >= 4 is 5.91 Å². The molecule has 0 aliphatic carbocycles. The average Bonchev–Trinajstić information content (AvgIpc) is 2.82. The molecule has 4 rings (SSSR count). The number of benzene rings is 1. The summed E-state index contributed by atoms with van der Waals surface area (Å²) in [5.74, 6) is -1.47. The van der Waals surface area contributed by atoms with E-state index in [-0.39, 0.29) is 17.9 Å². The Hall–Kier alpha value is -3.66. The molecule has 3 heterocycles. The van der Waals surface area contributed by atoms with Gasteiger partial charge in [-0.3, -0.25) is 14.8 Å². The van der Waals surface area contributed by atoms with Crippen molar-refractivity contribution in [1.82, 2.24) is 14.9 Å². The highest BCUT2D eigenvalue weighted by molar-refractivity contribution is 5.99. The molecule has 0 radical (unpaired) electrons. The van der Waals surface area contributed by atoms with Crippen molar-refractivity contribution in [3.63, 3.8) is 0 Å². The maximum atomic E-state index is 14.1. The second-order valence-corrected chi connectivity index (χ2v) is 7.70. The van der Waals surface area contributed by atoms with Gasteiger partial charge in [0.1, 0.15) is 11.6 Å². The number of hydrogen-bond acceptors (Lipinski definition) is 4. The minimum atomic E-state index is -0.914. The second-order valence-electron chi connectivity index (χ2n) is 7.70. The molecule has 1 aliphatic heterocycles. The first kappa shape index (κ1) is 20.6. The van der Waals surface area contributed by atoms with Crippen LogP contribution in [-0.2, 0) is 6.42 Å². The van der Waals surface area contributed by atoms with E-state index >= 15 is 0 Å². The van der Waals surface area contributed by atoms with E-state index in [4.69, 9.17) is 0 Å². The molecule has 7 heteroatoms. The van der Waals surface area contributed by atoms with Crippen LogP contribution in [0.2, 0.25) is 0 Å². The molecule has 0 unspecified atom stereocenters. The zero-order valence-electron chi connectivity index (χ0n) is 16.8. The van der Waals surface area contributed by atoms with E-state index in [2.05, 4.69) is 16.0 Å². The number of piperidine rings is 1. The molecule has 1 amide bonds. The Morgan fingerprint density at radius 2 is 1.71 bits per heavy atom. The topological polar surface area (TPSA) is 69.9 Å². The van der Waals surface area contributed by atoms with Gasteiger partial charge in [0, 0.05) is 42.8 Å². The molecule has 3 aromatic rings. The monoisotopic (exact) mass is 418 g/mol. The summed E-state index contributed by atoms with van der Waals surface area (Å²) in [6.07, 6.45) is 5.58. The van der Waals surface area contributed by atoms with Gasteiger partial charge >= 0.3 is 0 Å². The van der Waals surface area contributed by atoms with Crippen molar-refractivity contribution in [2.45, 2.75) is 19.3 Å². The number of rotatable bonds is 4. The van der Waals surface area contributed by atoms with Gasteiger partial charge in [0.25, 0.3) is 5.91 Å². The van der Waals surface area contributed by atoms with Gasteiger partial charge in [-0.25, -0.2) is 8.78 Å². The lowest BCUT2D eigenvalue weighted by Crippen LogP contribution is -2.44. The lowest BCUT2D eigenvalue weighted by Gasteiger charge is -2.37. The zero-order chi connectivity index (χ0) is 21.8. The van der Waals surface area contributed by atoms with Crippen molar-refractivity contribution < 1.29 is 13.6 Å². The maximum Gasteiger partial charge on any atom is 0.256 e. The number of likely N-dealkylation sites (tertiary alicyclic amines) is 1. The van der Waals surface area contributed by atoms with Gasteiger partial charge in [-0.1, -0.05) is 6.07 Å². The summed E-state index contributed by atoms with van der Waals surface area (Å²) in [5.41, 5.74) is 0.843. The average molecular weight is 418 g/mol. The first-order valence-electron chi connectivity index (χ1n) is 10.0. The van der Waals surface area contributed by atoms with Crippen LogP contribution in [0.1, 0.15) is 28.8 Å². The van der Waals surface area contributed by atoms with Crippen LogP contribution in [0.3, 0.4) is 0 Å². The predicted molar refractivity (Wildman–Crippen MR) is 111 cm³/mol. The fraction of sp³-hybridized carbons (Fsp3) is 0.250. The second kappa shape index (κ2) is 8.60. The molecule has 1 fully saturated rings. The van der Waals surface area contributed by atoms with Gasteiger partial charge in [-0.15, -0.1) is 0 Å². The van der Waals surface area contributed by atoms with E-state index < -0.39 is 17.0 Å². The summed E-state index contributed by atoms with van der Waals surface area (Å²) >= 11 is 0. The van der Waals surface area contributed by atoms with E-state index in [1.165, 1.54) is 18.2 Å². The van der Waals surface area contributed by atoms with E-state index in [1.807, 2.05) is 0 Å². The van der Waals surface area contributed by atoms with Crippen LogP contribution in [0, 0.1) is 28.4 Å². The largest absolute Gasteiger partial charge is 0.338 e. The van der Waals surface area contributed by atoms with Gasteiger partial charge < -0.3 is 4.90 Å². The summed E-state index contributed by atoms with van der Waals surface area (Å²) < 4.78 is 28.2. The Kier molecular flexibility index (Phi) is 5.72. The van der Waals surface area contributed by atoms with Crippen molar-refractivity contribution in [1.29, 1.82) is 5.26 Å². The third-order valence-corrected chi connectivity index (χ3v) is 5.81. The normalized spacial score (nSPS) is 15.3. The molecule has 0 bridgehead atoms. The first-order chi connectivity index (χ1) is 15.0. The number of nitriles is 1. The number of halogens is 2. The van der Waals surface area contributed by atoms with Gasteiger partial charge in [0.2, 0.25) is 0 Å². The number of hydrogen-bond donors (Lipinski definition) is 0. The zero-order valence-corrected chi connectivity index (χ0v) is 16.8. The Bertz CT molecular complexity index is 1120. The van der Waals surface area contributed by atoms with Crippen LogP contribution >= 0.6 is 0 Å². The van der Waals surface area contributed by atoms with Crippen LogP contribution in [0.25, 0.3) is 11.3 Å². The third-order valence-electron chi connectivity index (χ3n) is 5.81. The number of carbonyl (C=O) groups is 1. The van der Waals surface area contributed by atoms with E-state index in [9.17, 15) is 18.8 Å². The summed E-state index contributed by atoms with van der Waals surface area (Å²) in [6, 6.07) is 13.0. The van der Waals surface area contributed by atoms with Crippen LogP contribution < -0.4 is 0 Å². The van der Waals surface area contributed by atoms with Gasteiger partial charge in [0.05, 0.1) is 22.7 Å². The molecular formula is C24H20F2N4O. The predicted octanol–water partition coefficient (Wildman–Crippen LogP) is 4.41. The van der Waals surface area contributed by atoms with Crippen LogP contribution in [0.5, 0.6) is 0 Å². The lowest BCUT2D eigenvalue weighted by molar-refractivity contribution is 0.0646. The van der Waals surface area contributed by atoms with Crippen LogP contribution in [0.15, 0.2) is 61.1 Å². The van der Waals surface area contributed by atoms with E-state index in [0.717, 1.165) is 5.56 Å². The third kappa shape index (κ3) is 4.15. The van der Waals surface area contributed by atoms with Crippen molar-refractivity contribution in [2.24, 2.45) is 5.41 Å². The SMILES string of the molecule is N#CC1(Cc2c(F)cccc2F)CCN(C(=O)c2cccnc2-c2ccncc2)CC1. The molecular weight excluding hydrogens is 398 g/mol. The maximum absolute atomic E-state index is 14.1. The Morgan fingerprint density at radius 3 is 2.35 bits per heavy atom. The fourth-order valence-electron chi connectivity index (χ4n) is 3.99. The number of carbonyl (C=O) groups excluding carboxylic acids is 1. The molecule has 0 N–H and O–H groups in total. The van der Waals surface area contributed by atoms with E-state index in [0.29, 0.717) is 37.2 Å². The molecule has 0 atom stereocenters. The highest BCUT2D eigenvalue weighted by Crippen LogP contribution is 2.36. The summed E-state index contributed by atoms with van der Waals surface area (Å²) in [5, 5.41) is 9.81. The number of pyridine rings is 2. The number of nitrogens with zero attached hydrogens (tertiary/aromatic N) is 4. The highest BCUT2D eigenvalue weighted by Gasteiger charge is 2.38. The Morgan fingerprint density at radius 1 is 1.03 bits per heavy atom. The van der Waals surface area contributed by atoms with Gasteiger partial charge in [-0.05, 0) is 55.7 Å². The van der Waals surface area contributed by atoms with Crippen molar-refractivity contribution in [2.75, 3.05) is 13.1 Å². The van der Waals surface area contributed by atoms with Gasteiger partial charge in [-0.2, -0.15) is 5.26 Å². The highest BCUT2D eigenvalue weighted by atomic mass is 19.1. The molecule has 0 spiro atoms. The Balaban J connectivity index is 1.53. The molecule has 1 saturated heterocycles. The van der Waals surface area contributed by atoms with Gasteiger partial charge in [0.15, 0.2) is 0 Å². The van der Waals surface area contributed by atoms with Crippen molar-refractivity contribution in [3.05, 3.63) is 83.8 Å². The summed E-state index contributed by atoms with van der Waals surface area (Å²) in [7, 11) is 0. The lowest BCUT2D eigenvalue weighted by atomic mass is 9.74. The molecule has 1 aromatic carbocycles. The minimum absolute atomic E-state index is 0.0147. The fourth-order valence-corrected chi connectivity index (χ4v) is 3.99.